The van der Waals surface area contributed by atoms with Crippen molar-refractivity contribution in [2.75, 3.05) is 34.2 Å². The quantitative estimate of drug-likeness (QED) is 0.311. The maximum atomic E-state index is 13.0. The number of nitrogens with one attached hydrogen (secondary N) is 1. The molecule has 1 heterocycles. The van der Waals surface area contributed by atoms with Gasteiger partial charge in [0.1, 0.15) is 0 Å². The molecular weight excluding hydrogens is 460 g/mol. The van der Waals surface area contributed by atoms with E-state index < -0.39 is 0 Å². The summed E-state index contributed by atoms with van der Waals surface area (Å²) in [6.45, 7) is 1.59. The van der Waals surface area contributed by atoms with Crippen LogP contribution in [-0.2, 0) is 0 Å². The van der Waals surface area contributed by atoms with Crippen LogP contribution in [0, 0.1) is 0 Å². The van der Waals surface area contributed by atoms with Crippen LogP contribution in [0.25, 0.3) is 10.9 Å². The Hall–Kier alpha value is -3.61. The van der Waals surface area contributed by atoms with Crippen molar-refractivity contribution in [3.8, 4) is 5.88 Å². The lowest BCUT2D eigenvalue weighted by molar-refractivity contribution is 0.0790. The van der Waals surface area contributed by atoms with Crippen molar-refractivity contribution in [3.63, 3.8) is 0 Å². The summed E-state index contributed by atoms with van der Waals surface area (Å²) in [6.07, 6.45) is 0.898. The first-order valence-corrected chi connectivity index (χ1v) is 11.9. The zero-order chi connectivity index (χ0) is 24.9. The van der Waals surface area contributed by atoms with E-state index in [1.165, 1.54) is 0 Å². The summed E-state index contributed by atoms with van der Waals surface area (Å²) in [5.74, 6) is -0.0376. The van der Waals surface area contributed by atoms with Crippen LogP contribution in [0.3, 0.4) is 0 Å². The van der Waals surface area contributed by atoms with Crippen molar-refractivity contribution in [2.24, 2.45) is 4.99 Å². The number of rotatable bonds is 8. The predicted molar refractivity (Wildman–Crippen MR) is 143 cm³/mol. The Morgan fingerprint density at radius 2 is 1.69 bits per heavy atom. The number of H-pyrrole nitrogens is 1. The standard InChI is InChI=1S/C28H29ClN4O2/c1-32(2)15-8-16-33(3)28(35)20-11-7-12-22(17-20)30-26(19-9-5-4-6-10-19)25-23-14-13-21(29)18-24(23)31-27(25)34/h4-7,9-14,17-18,31,34H,8,15-16H2,1-3H3. The summed E-state index contributed by atoms with van der Waals surface area (Å²) in [5, 5.41) is 12.2. The fourth-order valence-corrected chi connectivity index (χ4v) is 4.21. The fourth-order valence-electron chi connectivity index (χ4n) is 4.04. The molecule has 0 spiro atoms. The number of carbonyl (C=O) groups excluding carboxylic acids is 1. The molecule has 0 saturated heterocycles. The van der Waals surface area contributed by atoms with Gasteiger partial charge in [-0.05, 0) is 57.4 Å². The minimum atomic E-state index is -0.0494. The van der Waals surface area contributed by atoms with Crippen LogP contribution in [0.4, 0.5) is 5.69 Å². The van der Waals surface area contributed by atoms with Crippen molar-refractivity contribution in [1.82, 2.24) is 14.8 Å². The highest BCUT2D eigenvalue weighted by Crippen LogP contribution is 2.33. The summed E-state index contributed by atoms with van der Waals surface area (Å²) in [6, 6.07) is 22.4. The molecule has 2 N–H and O–H groups in total. The highest BCUT2D eigenvalue weighted by atomic mass is 35.5. The summed E-state index contributed by atoms with van der Waals surface area (Å²) >= 11 is 6.16. The Morgan fingerprint density at radius 1 is 0.943 bits per heavy atom. The van der Waals surface area contributed by atoms with E-state index in [1.807, 2.05) is 69.7 Å². The van der Waals surface area contributed by atoms with Gasteiger partial charge in [-0.15, -0.1) is 0 Å². The van der Waals surface area contributed by atoms with Gasteiger partial charge in [0.15, 0.2) is 5.88 Å². The van der Waals surface area contributed by atoms with Crippen LogP contribution in [0.15, 0.2) is 77.8 Å². The molecule has 0 aliphatic heterocycles. The molecule has 180 valence electrons. The number of aliphatic imine (C=N–C) groups is 1. The van der Waals surface area contributed by atoms with E-state index in [0.29, 0.717) is 34.1 Å². The van der Waals surface area contributed by atoms with Gasteiger partial charge in [-0.2, -0.15) is 0 Å². The first kappa shape index (κ1) is 24.5. The van der Waals surface area contributed by atoms with Crippen LogP contribution in [0.5, 0.6) is 5.88 Å². The second kappa shape index (κ2) is 10.8. The number of aromatic nitrogens is 1. The molecule has 0 aliphatic rings. The summed E-state index contributed by atoms with van der Waals surface area (Å²) < 4.78 is 0. The number of aromatic amines is 1. The molecule has 0 unspecified atom stereocenters. The molecule has 35 heavy (non-hydrogen) atoms. The molecule has 1 aromatic heterocycles. The molecule has 3 aromatic carbocycles. The lowest BCUT2D eigenvalue weighted by Gasteiger charge is -2.18. The third-order valence-corrected chi connectivity index (χ3v) is 6.04. The highest BCUT2D eigenvalue weighted by molar-refractivity contribution is 6.31. The van der Waals surface area contributed by atoms with Crippen molar-refractivity contribution in [3.05, 3.63) is 94.5 Å². The number of aromatic hydroxyl groups is 1. The van der Waals surface area contributed by atoms with E-state index in [1.54, 1.807) is 29.2 Å². The molecule has 0 aliphatic carbocycles. The number of nitrogens with zero attached hydrogens (tertiary/aromatic N) is 3. The predicted octanol–water partition coefficient (Wildman–Crippen LogP) is 5.72. The van der Waals surface area contributed by atoms with Gasteiger partial charge in [0.25, 0.3) is 5.91 Å². The number of fused-ring (bicyclic) bond motifs is 1. The monoisotopic (exact) mass is 488 g/mol. The van der Waals surface area contributed by atoms with E-state index in [4.69, 9.17) is 16.6 Å². The molecule has 7 heteroatoms. The Morgan fingerprint density at radius 3 is 2.43 bits per heavy atom. The van der Waals surface area contributed by atoms with Crippen molar-refractivity contribution in [2.45, 2.75) is 6.42 Å². The average Bonchev–Trinajstić information content (AvgIpc) is 3.17. The maximum Gasteiger partial charge on any atom is 0.253 e. The maximum absolute atomic E-state index is 13.0. The third kappa shape index (κ3) is 5.73. The lowest BCUT2D eigenvalue weighted by atomic mass is 10.0. The van der Waals surface area contributed by atoms with Gasteiger partial charge in [0, 0.05) is 35.1 Å². The van der Waals surface area contributed by atoms with Crippen LogP contribution in [0.2, 0.25) is 5.02 Å². The molecular formula is C28H29ClN4O2. The topological polar surface area (TPSA) is 71.9 Å². The van der Waals surface area contributed by atoms with E-state index in [0.717, 1.165) is 29.4 Å². The number of amides is 1. The fraction of sp³-hybridized carbons (Fsp3) is 0.214. The van der Waals surface area contributed by atoms with Crippen LogP contribution in [0.1, 0.15) is 27.9 Å². The second-order valence-corrected chi connectivity index (χ2v) is 9.24. The Labute approximate surface area is 210 Å². The first-order valence-electron chi connectivity index (χ1n) is 11.5. The molecule has 0 radical (unpaired) electrons. The Balaban J connectivity index is 1.74. The van der Waals surface area contributed by atoms with E-state index in [2.05, 4.69) is 9.88 Å². The number of carbonyl (C=O) groups is 1. The van der Waals surface area contributed by atoms with Crippen molar-refractivity contribution >= 4 is 39.8 Å². The summed E-state index contributed by atoms with van der Waals surface area (Å²) in [5.41, 5.74) is 3.94. The minimum absolute atomic E-state index is 0.0118. The van der Waals surface area contributed by atoms with Crippen LogP contribution in [-0.4, -0.2) is 65.7 Å². The van der Waals surface area contributed by atoms with Crippen LogP contribution >= 0.6 is 11.6 Å². The molecule has 6 nitrogen and oxygen atoms in total. The largest absolute Gasteiger partial charge is 0.494 e. The normalized spacial score (nSPS) is 11.9. The zero-order valence-electron chi connectivity index (χ0n) is 20.1. The first-order chi connectivity index (χ1) is 16.8. The van der Waals surface area contributed by atoms with Gasteiger partial charge in [0.05, 0.1) is 22.5 Å². The lowest BCUT2D eigenvalue weighted by Crippen LogP contribution is -2.29. The molecule has 0 fully saturated rings. The molecule has 4 rings (SSSR count). The van der Waals surface area contributed by atoms with Crippen LogP contribution < -0.4 is 0 Å². The Kier molecular flexibility index (Phi) is 7.54. The van der Waals surface area contributed by atoms with Gasteiger partial charge in [-0.25, -0.2) is 4.99 Å². The van der Waals surface area contributed by atoms with Gasteiger partial charge in [-0.1, -0.05) is 54.1 Å². The molecule has 0 saturated carbocycles. The van der Waals surface area contributed by atoms with E-state index in [9.17, 15) is 9.90 Å². The molecule has 0 bridgehead atoms. The number of hydrogen-bond donors (Lipinski definition) is 2. The van der Waals surface area contributed by atoms with Crippen molar-refractivity contribution < 1.29 is 9.90 Å². The van der Waals surface area contributed by atoms with E-state index in [-0.39, 0.29) is 11.8 Å². The van der Waals surface area contributed by atoms with E-state index >= 15 is 0 Å². The summed E-state index contributed by atoms with van der Waals surface area (Å²) in [7, 11) is 5.86. The second-order valence-electron chi connectivity index (χ2n) is 8.80. The molecule has 0 atom stereocenters. The van der Waals surface area contributed by atoms with Gasteiger partial charge in [0.2, 0.25) is 0 Å². The number of benzene rings is 3. The van der Waals surface area contributed by atoms with Gasteiger partial charge >= 0.3 is 0 Å². The Bertz CT molecular complexity index is 1360. The smallest absolute Gasteiger partial charge is 0.253 e. The molecule has 1 amide bonds. The SMILES string of the molecule is CN(C)CCCN(C)C(=O)c1cccc(N=C(c2ccccc2)c2c(O)[nH]c3cc(Cl)ccc23)c1. The third-order valence-electron chi connectivity index (χ3n) is 5.80. The number of hydrogen-bond acceptors (Lipinski definition) is 4. The number of halogens is 1. The zero-order valence-corrected chi connectivity index (χ0v) is 20.9. The average molecular weight is 489 g/mol. The van der Waals surface area contributed by atoms with Gasteiger partial charge in [-0.3, -0.25) is 4.79 Å². The highest BCUT2D eigenvalue weighted by Gasteiger charge is 2.19. The van der Waals surface area contributed by atoms with Crippen molar-refractivity contribution in [1.29, 1.82) is 0 Å². The van der Waals surface area contributed by atoms with Gasteiger partial charge < -0.3 is 19.9 Å². The molecule has 4 aromatic rings. The summed E-state index contributed by atoms with van der Waals surface area (Å²) in [4.78, 5) is 24.8. The minimum Gasteiger partial charge on any atom is -0.494 e.